The standard InChI is InChI=1S/C14H14BrNO3/c1-18-9-8-10-4-2-3-5-11(10)16-14(17)12-6-7-13(15)19-12/h2-7H,8-9H2,1H3,(H,16,17). The molecule has 1 amide bonds. The van der Waals surface area contributed by atoms with Crippen LogP contribution >= 0.6 is 15.9 Å². The highest BCUT2D eigenvalue weighted by molar-refractivity contribution is 9.10. The Bertz CT molecular complexity index is 565. The van der Waals surface area contributed by atoms with Crippen LogP contribution in [0.25, 0.3) is 0 Å². The number of anilines is 1. The monoisotopic (exact) mass is 323 g/mol. The van der Waals surface area contributed by atoms with Gasteiger partial charge in [-0.2, -0.15) is 0 Å². The second-order valence-electron chi connectivity index (χ2n) is 3.96. The van der Waals surface area contributed by atoms with Gasteiger partial charge in [-0.25, -0.2) is 0 Å². The maximum absolute atomic E-state index is 12.0. The van der Waals surface area contributed by atoms with Crippen molar-refractivity contribution >= 4 is 27.5 Å². The summed E-state index contributed by atoms with van der Waals surface area (Å²) in [6, 6.07) is 10.9. The molecule has 1 aromatic carbocycles. The van der Waals surface area contributed by atoms with Crippen LogP contribution < -0.4 is 5.32 Å². The Kier molecular flexibility index (Phi) is 4.76. The van der Waals surface area contributed by atoms with E-state index in [-0.39, 0.29) is 11.7 Å². The number of rotatable bonds is 5. The van der Waals surface area contributed by atoms with Gasteiger partial charge in [0.1, 0.15) is 0 Å². The van der Waals surface area contributed by atoms with E-state index in [2.05, 4.69) is 21.2 Å². The normalized spacial score (nSPS) is 10.4. The summed E-state index contributed by atoms with van der Waals surface area (Å²) in [5, 5.41) is 2.84. The van der Waals surface area contributed by atoms with Crippen molar-refractivity contribution in [1.29, 1.82) is 0 Å². The molecular formula is C14H14BrNO3. The molecule has 0 unspecified atom stereocenters. The van der Waals surface area contributed by atoms with Crippen LogP contribution in [0.1, 0.15) is 16.1 Å². The van der Waals surface area contributed by atoms with E-state index >= 15 is 0 Å². The summed E-state index contributed by atoms with van der Waals surface area (Å²) in [6.45, 7) is 0.610. The molecule has 0 aliphatic carbocycles. The number of para-hydroxylation sites is 1. The minimum absolute atomic E-state index is 0.268. The van der Waals surface area contributed by atoms with Gasteiger partial charge in [-0.05, 0) is 46.1 Å². The van der Waals surface area contributed by atoms with Crippen LogP contribution in [0.15, 0.2) is 45.5 Å². The van der Waals surface area contributed by atoms with Crippen molar-refractivity contribution in [2.24, 2.45) is 0 Å². The first-order valence-corrected chi connectivity index (χ1v) is 6.63. The summed E-state index contributed by atoms with van der Waals surface area (Å²) in [5.41, 5.74) is 1.81. The van der Waals surface area contributed by atoms with Crippen LogP contribution in [0.5, 0.6) is 0 Å². The van der Waals surface area contributed by atoms with Gasteiger partial charge in [-0.15, -0.1) is 0 Å². The topological polar surface area (TPSA) is 51.5 Å². The predicted molar refractivity (Wildman–Crippen MR) is 76.4 cm³/mol. The molecule has 1 heterocycles. The zero-order valence-electron chi connectivity index (χ0n) is 10.5. The van der Waals surface area contributed by atoms with E-state index in [1.165, 1.54) is 0 Å². The fourth-order valence-corrected chi connectivity index (χ4v) is 2.00. The molecule has 0 saturated heterocycles. The predicted octanol–water partition coefficient (Wildman–Crippen LogP) is 3.48. The molecule has 19 heavy (non-hydrogen) atoms. The molecule has 0 bridgehead atoms. The number of carbonyl (C=O) groups excluding carboxylic acids is 1. The highest BCUT2D eigenvalue weighted by Gasteiger charge is 2.12. The number of hydrogen-bond acceptors (Lipinski definition) is 3. The van der Waals surface area contributed by atoms with Gasteiger partial charge >= 0.3 is 0 Å². The number of hydrogen-bond donors (Lipinski definition) is 1. The van der Waals surface area contributed by atoms with Crippen LogP contribution in [0.4, 0.5) is 5.69 Å². The molecule has 0 aliphatic heterocycles. The van der Waals surface area contributed by atoms with E-state index in [4.69, 9.17) is 9.15 Å². The molecule has 2 rings (SSSR count). The van der Waals surface area contributed by atoms with E-state index in [1.807, 2.05) is 24.3 Å². The zero-order valence-corrected chi connectivity index (χ0v) is 12.1. The number of halogens is 1. The number of furan rings is 1. The van der Waals surface area contributed by atoms with Gasteiger partial charge in [0.25, 0.3) is 5.91 Å². The molecule has 100 valence electrons. The van der Waals surface area contributed by atoms with Gasteiger partial charge in [-0.1, -0.05) is 18.2 Å². The second kappa shape index (κ2) is 6.54. The summed E-state index contributed by atoms with van der Waals surface area (Å²) >= 11 is 3.17. The van der Waals surface area contributed by atoms with Crippen LogP contribution in [-0.2, 0) is 11.2 Å². The van der Waals surface area contributed by atoms with Crippen LogP contribution in [-0.4, -0.2) is 19.6 Å². The van der Waals surface area contributed by atoms with E-state index in [0.717, 1.165) is 17.7 Å². The molecule has 5 heteroatoms. The fraction of sp³-hybridized carbons (Fsp3) is 0.214. The van der Waals surface area contributed by atoms with Gasteiger partial charge in [0.05, 0.1) is 6.61 Å². The van der Waals surface area contributed by atoms with E-state index in [1.54, 1.807) is 19.2 Å². The summed E-state index contributed by atoms with van der Waals surface area (Å²) < 4.78 is 10.8. The van der Waals surface area contributed by atoms with Crippen LogP contribution in [0, 0.1) is 0 Å². The fourth-order valence-electron chi connectivity index (χ4n) is 1.69. The first-order valence-electron chi connectivity index (χ1n) is 5.84. The minimum atomic E-state index is -0.268. The van der Waals surface area contributed by atoms with Gasteiger partial charge in [-0.3, -0.25) is 4.79 Å². The van der Waals surface area contributed by atoms with Crippen molar-refractivity contribution in [2.45, 2.75) is 6.42 Å². The Labute approximate surface area is 119 Å². The zero-order chi connectivity index (χ0) is 13.7. The molecule has 2 aromatic rings. The quantitative estimate of drug-likeness (QED) is 0.916. The third-order valence-corrected chi connectivity index (χ3v) is 3.06. The first-order chi connectivity index (χ1) is 9.20. The number of ether oxygens (including phenoxy) is 1. The SMILES string of the molecule is COCCc1ccccc1NC(=O)c1ccc(Br)o1. The molecule has 4 nitrogen and oxygen atoms in total. The number of nitrogens with one attached hydrogen (secondary N) is 1. The van der Waals surface area contributed by atoms with E-state index in [9.17, 15) is 4.79 Å². The average molecular weight is 324 g/mol. The van der Waals surface area contributed by atoms with Crippen molar-refractivity contribution in [3.8, 4) is 0 Å². The lowest BCUT2D eigenvalue weighted by molar-refractivity contribution is 0.0995. The minimum Gasteiger partial charge on any atom is -0.444 e. The molecule has 0 radical (unpaired) electrons. The lowest BCUT2D eigenvalue weighted by atomic mass is 10.1. The van der Waals surface area contributed by atoms with E-state index in [0.29, 0.717) is 11.3 Å². The number of methoxy groups -OCH3 is 1. The molecule has 0 atom stereocenters. The van der Waals surface area contributed by atoms with Gasteiger partial charge in [0, 0.05) is 12.8 Å². The Morgan fingerprint density at radius 3 is 2.79 bits per heavy atom. The third-order valence-electron chi connectivity index (χ3n) is 2.64. The van der Waals surface area contributed by atoms with Crippen molar-refractivity contribution < 1.29 is 13.9 Å². The van der Waals surface area contributed by atoms with Crippen molar-refractivity contribution in [1.82, 2.24) is 0 Å². The Morgan fingerprint density at radius 2 is 2.11 bits per heavy atom. The molecule has 0 fully saturated rings. The summed E-state index contributed by atoms with van der Waals surface area (Å²) in [7, 11) is 1.65. The Morgan fingerprint density at radius 1 is 1.32 bits per heavy atom. The number of benzene rings is 1. The molecule has 1 aromatic heterocycles. The molecule has 0 spiro atoms. The molecule has 0 saturated carbocycles. The van der Waals surface area contributed by atoms with Crippen molar-refractivity contribution in [2.75, 3.05) is 19.0 Å². The van der Waals surface area contributed by atoms with E-state index < -0.39 is 0 Å². The molecule has 0 aliphatic rings. The largest absolute Gasteiger partial charge is 0.444 e. The highest BCUT2D eigenvalue weighted by Crippen LogP contribution is 2.19. The van der Waals surface area contributed by atoms with Gasteiger partial charge in [0.15, 0.2) is 10.4 Å². The second-order valence-corrected chi connectivity index (χ2v) is 4.74. The van der Waals surface area contributed by atoms with Gasteiger partial charge in [0.2, 0.25) is 0 Å². The van der Waals surface area contributed by atoms with Crippen LogP contribution in [0.2, 0.25) is 0 Å². The smallest absolute Gasteiger partial charge is 0.291 e. The lowest BCUT2D eigenvalue weighted by Crippen LogP contribution is -2.13. The summed E-state index contributed by atoms with van der Waals surface area (Å²) in [6.07, 6.45) is 0.745. The third kappa shape index (κ3) is 3.68. The molecule has 1 N–H and O–H groups in total. The summed E-state index contributed by atoms with van der Waals surface area (Å²) in [5.74, 6) is 0.00369. The Balaban J connectivity index is 2.12. The van der Waals surface area contributed by atoms with Crippen LogP contribution in [0.3, 0.4) is 0 Å². The Hall–Kier alpha value is -1.59. The number of carbonyl (C=O) groups is 1. The lowest BCUT2D eigenvalue weighted by Gasteiger charge is -2.09. The van der Waals surface area contributed by atoms with Gasteiger partial charge < -0.3 is 14.5 Å². The summed E-state index contributed by atoms with van der Waals surface area (Å²) in [4.78, 5) is 12.0. The van der Waals surface area contributed by atoms with Crippen molar-refractivity contribution in [3.05, 3.63) is 52.4 Å². The first kappa shape index (κ1) is 13.8. The molecular weight excluding hydrogens is 310 g/mol. The average Bonchev–Trinajstić information content (AvgIpc) is 2.84. The number of amides is 1. The van der Waals surface area contributed by atoms with Crippen molar-refractivity contribution in [3.63, 3.8) is 0 Å². The maximum atomic E-state index is 12.0. The highest BCUT2D eigenvalue weighted by atomic mass is 79.9. The maximum Gasteiger partial charge on any atom is 0.291 e.